The lowest BCUT2D eigenvalue weighted by Gasteiger charge is -2.28. The average molecular weight is 385 g/mol. The monoisotopic (exact) mass is 384 g/mol. The lowest BCUT2D eigenvalue weighted by molar-refractivity contribution is 0.209. The van der Waals surface area contributed by atoms with Gasteiger partial charge >= 0.3 is 0 Å². The average Bonchev–Trinajstić information content (AvgIpc) is 2.95. The molecule has 6 heteroatoms. The van der Waals surface area contributed by atoms with Crippen molar-refractivity contribution in [2.45, 2.75) is 32.6 Å². The van der Waals surface area contributed by atoms with Crippen molar-refractivity contribution in [3.05, 3.63) is 75.7 Å². The van der Waals surface area contributed by atoms with Crippen molar-refractivity contribution in [1.82, 2.24) is 14.7 Å². The van der Waals surface area contributed by atoms with E-state index < -0.39 is 0 Å². The summed E-state index contributed by atoms with van der Waals surface area (Å²) in [6, 6.07) is 21.6. The minimum absolute atomic E-state index is 0.141. The molecule has 1 aromatic heterocycles. The first-order valence-corrected chi connectivity index (χ1v) is 9.91. The maximum absolute atomic E-state index is 5.52. The minimum Gasteiger partial charge on any atom is -0.358 e. The third-order valence-corrected chi connectivity index (χ3v) is 5.29. The quantitative estimate of drug-likeness (QED) is 0.570. The third kappa shape index (κ3) is 4.58. The van der Waals surface area contributed by atoms with Crippen LogP contribution in [0.5, 0.6) is 0 Å². The van der Waals surface area contributed by atoms with E-state index in [4.69, 9.17) is 12.2 Å². The van der Waals surface area contributed by atoms with Crippen molar-refractivity contribution >= 4 is 28.7 Å². The number of rotatable bonds is 7. The molecule has 0 aliphatic heterocycles. The van der Waals surface area contributed by atoms with E-state index in [1.54, 1.807) is 0 Å². The highest BCUT2D eigenvalue weighted by atomic mass is 32.1. The van der Waals surface area contributed by atoms with E-state index in [9.17, 15) is 0 Å². The second kappa shape index (κ2) is 8.58. The maximum Gasteiger partial charge on any atom is 0.204 e. The smallest absolute Gasteiger partial charge is 0.204 e. The Kier molecular flexibility index (Phi) is 6.19. The molecule has 0 aliphatic carbocycles. The largest absolute Gasteiger partial charge is 0.358 e. The van der Waals surface area contributed by atoms with E-state index in [-0.39, 0.29) is 6.04 Å². The Morgan fingerprint density at radius 3 is 2.08 bits per heavy atom. The van der Waals surface area contributed by atoms with Crippen molar-refractivity contribution in [1.29, 1.82) is 0 Å². The van der Waals surface area contributed by atoms with E-state index in [1.807, 2.05) is 16.8 Å². The van der Waals surface area contributed by atoms with E-state index in [1.165, 1.54) is 22.5 Å². The van der Waals surface area contributed by atoms with E-state index in [0.717, 1.165) is 9.09 Å². The van der Waals surface area contributed by atoms with Gasteiger partial charge in [-0.2, -0.15) is 0 Å². The molecule has 3 rings (SSSR count). The Bertz CT molecular complexity index is 832. The second-order valence-corrected chi connectivity index (χ2v) is 8.22. The molecule has 0 radical (unpaired) electrons. The van der Waals surface area contributed by atoms with Crippen molar-refractivity contribution < 1.29 is 0 Å². The predicted octanol–water partition coefficient (Wildman–Crippen LogP) is 5.17. The molecule has 1 heterocycles. The summed E-state index contributed by atoms with van der Waals surface area (Å²) in [7, 11) is 2.11. The van der Waals surface area contributed by atoms with Gasteiger partial charge in [0.2, 0.25) is 5.13 Å². The van der Waals surface area contributed by atoms with Gasteiger partial charge in [0.1, 0.15) is 0 Å². The fraction of sp³-hybridized carbons (Fsp3) is 0.300. The molecular formula is C20H24N4S2. The third-order valence-electron chi connectivity index (χ3n) is 4.05. The van der Waals surface area contributed by atoms with Crippen LogP contribution in [0.3, 0.4) is 0 Å². The molecule has 136 valence electrons. The zero-order chi connectivity index (χ0) is 18.5. The van der Waals surface area contributed by atoms with Gasteiger partial charge in [0.25, 0.3) is 0 Å². The molecule has 0 amide bonds. The first kappa shape index (κ1) is 18.8. The summed E-state index contributed by atoms with van der Waals surface area (Å²) < 4.78 is 2.67. The van der Waals surface area contributed by atoms with E-state index in [2.05, 4.69) is 84.7 Å². The summed E-state index contributed by atoms with van der Waals surface area (Å²) in [6.07, 6.45) is 0. The van der Waals surface area contributed by atoms with Crippen LogP contribution in [-0.2, 0) is 6.67 Å². The first-order valence-electron chi connectivity index (χ1n) is 8.69. The topological polar surface area (TPSA) is 33.1 Å². The minimum atomic E-state index is 0.141. The zero-order valence-corrected chi connectivity index (χ0v) is 16.9. The summed E-state index contributed by atoms with van der Waals surface area (Å²) >= 11 is 7.03. The van der Waals surface area contributed by atoms with Crippen molar-refractivity contribution in [2.75, 3.05) is 12.4 Å². The van der Waals surface area contributed by atoms with Gasteiger partial charge < -0.3 is 5.32 Å². The van der Waals surface area contributed by atoms with Crippen molar-refractivity contribution in [2.24, 2.45) is 0 Å². The number of hydrogen-bond donors (Lipinski definition) is 1. The molecule has 0 saturated carbocycles. The van der Waals surface area contributed by atoms with Crippen LogP contribution in [0.1, 0.15) is 31.0 Å². The molecular weight excluding hydrogens is 360 g/mol. The first-order chi connectivity index (χ1) is 12.5. The molecule has 26 heavy (non-hydrogen) atoms. The Morgan fingerprint density at radius 1 is 1.04 bits per heavy atom. The summed E-state index contributed by atoms with van der Waals surface area (Å²) in [4.78, 5) is 2.28. The van der Waals surface area contributed by atoms with Crippen LogP contribution in [0.15, 0.2) is 60.7 Å². The summed E-state index contributed by atoms with van der Waals surface area (Å²) in [5.41, 5.74) is 2.51. The number of anilines is 1. The number of nitrogens with one attached hydrogen (secondary N) is 1. The van der Waals surface area contributed by atoms with Gasteiger partial charge in [0.05, 0.1) is 12.7 Å². The van der Waals surface area contributed by atoms with Crippen LogP contribution < -0.4 is 5.32 Å². The summed E-state index contributed by atoms with van der Waals surface area (Å²) in [5.74, 6) is 0. The maximum atomic E-state index is 5.52. The van der Waals surface area contributed by atoms with Crippen LogP contribution in [0.25, 0.3) is 0 Å². The molecule has 4 nitrogen and oxygen atoms in total. The second-order valence-electron chi connectivity index (χ2n) is 6.59. The Morgan fingerprint density at radius 2 is 1.58 bits per heavy atom. The van der Waals surface area contributed by atoms with E-state index in [0.29, 0.717) is 12.7 Å². The molecule has 0 unspecified atom stereocenters. The zero-order valence-electron chi connectivity index (χ0n) is 15.3. The number of aromatic nitrogens is 2. The van der Waals surface area contributed by atoms with Crippen LogP contribution in [-0.4, -0.2) is 27.8 Å². The molecule has 3 aromatic rings. The lowest BCUT2D eigenvalue weighted by atomic mass is 9.98. The fourth-order valence-electron chi connectivity index (χ4n) is 2.97. The number of hydrogen-bond acceptors (Lipinski definition) is 5. The highest BCUT2D eigenvalue weighted by Crippen LogP contribution is 2.28. The SMILES string of the molecule is CC(C)Nc1nn(CN(C)C(c2ccccc2)c2ccccc2)c(=S)s1. The van der Waals surface area contributed by atoms with Crippen LogP contribution in [0, 0.1) is 3.95 Å². The van der Waals surface area contributed by atoms with E-state index >= 15 is 0 Å². The molecule has 0 saturated heterocycles. The molecule has 0 fully saturated rings. The highest BCUT2D eigenvalue weighted by Gasteiger charge is 2.20. The van der Waals surface area contributed by atoms with Crippen LogP contribution >= 0.6 is 23.6 Å². The van der Waals surface area contributed by atoms with Gasteiger partial charge in [-0.05, 0) is 44.2 Å². The standard InChI is InChI=1S/C20H24N4S2/c1-15(2)21-19-22-24(20(25)26-19)14-23(3)18(16-10-6-4-7-11-16)17-12-8-5-9-13-17/h4-13,15,18H,14H2,1-3H3,(H,21,22). The molecule has 2 aromatic carbocycles. The predicted molar refractivity (Wildman–Crippen MR) is 112 cm³/mol. The van der Waals surface area contributed by atoms with Gasteiger partial charge in [-0.15, -0.1) is 5.10 Å². The van der Waals surface area contributed by atoms with Gasteiger partial charge in [-0.25, -0.2) is 4.68 Å². The van der Waals surface area contributed by atoms with Gasteiger partial charge in [0, 0.05) is 6.04 Å². The normalized spacial score (nSPS) is 11.5. The molecule has 1 N–H and O–H groups in total. The van der Waals surface area contributed by atoms with Crippen molar-refractivity contribution in [3.63, 3.8) is 0 Å². The van der Waals surface area contributed by atoms with Gasteiger partial charge in [-0.1, -0.05) is 72.0 Å². The summed E-state index contributed by atoms with van der Waals surface area (Å²) in [6.45, 7) is 4.83. The number of nitrogens with zero attached hydrogens (tertiary/aromatic N) is 3. The molecule has 0 bridgehead atoms. The summed E-state index contributed by atoms with van der Waals surface area (Å²) in [5, 5.41) is 8.84. The fourth-order valence-corrected chi connectivity index (χ4v) is 4.10. The van der Waals surface area contributed by atoms with Gasteiger partial charge in [-0.3, -0.25) is 4.90 Å². The highest BCUT2D eigenvalue weighted by molar-refractivity contribution is 7.73. The van der Waals surface area contributed by atoms with Crippen LogP contribution in [0.4, 0.5) is 5.13 Å². The Balaban J connectivity index is 1.88. The number of benzene rings is 2. The Labute approximate surface area is 164 Å². The molecule has 0 spiro atoms. The molecule has 0 atom stereocenters. The van der Waals surface area contributed by atoms with Gasteiger partial charge in [0.15, 0.2) is 3.95 Å². The lowest BCUT2D eigenvalue weighted by Crippen LogP contribution is -2.28. The molecule has 0 aliphatic rings. The van der Waals surface area contributed by atoms with Crippen LogP contribution in [0.2, 0.25) is 0 Å². The van der Waals surface area contributed by atoms with Crippen molar-refractivity contribution in [3.8, 4) is 0 Å². The Hall–Kier alpha value is -2.02.